The minimum absolute atomic E-state index is 0.0220. The van der Waals surface area contributed by atoms with Crippen LogP contribution in [0.15, 0.2) is 12.2 Å². The molecule has 33 nitrogen and oxygen atoms in total. The fourth-order valence-corrected chi connectivity index (χ4v) is 10.2. The zero-order valence-corrected chi connectivity index (χ0v) is 51.8. The van der Waals surface area contributed by atoms with Crippen molar-refractivity contribution >= 4 is 94.8 Å². The Bertz CT molecular complexity index is 2690. The van der Waals surface area contributed by atoms with Gasteiger partial charge in [-0.15, -0.1) is 0 Å². The molecule has 0 saturated carbocycles. The first kappa shape index (κ1) is 75.5. The van der Waals surface area contributed by atoms with Gasteiger partial charge >= 0.3 is 23.9 Å². The molecule has 12 atom stereocenters. The first-order valence-electron chi connectivity index (χ1n) is 30.1. The molecule has 502 valence electrons. The Hall–Kier alpha value is -8.78. The average Bonchev–Trinajstić information content (AvgIpc) is 1.43. The zero-order valence-electron chi connectivity index (χ0n) is 51.8. The number of nitrogens with two attached hydrogens (primary N) is 1. The number of nitrogens with one attached hydrogen (secondary N) is 10. The van der Waals surface area contributed by atoms with Gasteiger partial charge in [-0.1, -0.05) is 59.1 Å². The zero-order chi connectivity index (χ0) is 67.7. The van der Waals surface area contributed by atoms with Gasteiger partial charge in [0.1, 0.15) is 54.4 Å². The SMILES string of the molecule is CC(C)CCCCCC=CCC(=O)NC(CC(=O)O)C(=O)NC1C(=O)N2CCCCC2C(=O)NC(C(C)C(=O)O)C(=O)NC(CC(=O)O)C(=O)NCC(=O)NC(CC(=O)O)C(=O)NCC(=O)NC(C(C)N)C(=O)NC(C(C)C)C(=O)N2CCCC2C(=O)NC1C. The number of allylic oxidation sites excluding steroid dienone is 1. The van der Waals surface area contributed by atoms with E-state index >= 15 is 4.79 Å². The highest BCUT2D eigenvalue weighted by Gasteiger charge is 2.45. The van der Waals surface area contributed by atoms with E-state index in [0.717, 1.165) is 42.4 Å². The Morgan fingerprint density at radius 3 is 1.68 bits per heavy atom. The topological polar surface area (TPSA) is 507 Å². The standard InChI is InChI=1S/C57H89N13O20/c1-28(2)17-12-10-8-9-11-13-20-38(71)62-35(25-43(78)79)50(82)68-47-32(7)61-51(83)37-19-16-22-70(37)55(87)44(29(3)4)66-54(86)46(31(6)58)65-40(73)27-60-48(80)33(23-41(74)75)63-39(72)26-59-49(81)34(24-42(76)77)64-53(85)45(30(5)57(89)90)67-52(84)36-18-14-15-21-69(36)56(47)88/h11,13,28-37,44-47H,8-10,12,14-27,58H2,1-7H3,(H,59,81)(H,60,80)(H,61,83)(H,62,71)(H,63,72)(H,64,85)(H,65,73)(H,66,86)(H,67,84)(H,68,82)(H,74,75)(H,76,77)(H,78,79)(H,89,90). The highest BCUT2D eigenvalue weighted by Crippen LogP contribution is 2.24. The molecule has 33 heteroatoms. The molecule has 12 amide bonds. The minimum atomic E-state index is -2.15. The second kappa shape index (κ2) is 36.6. The van der Waals surface area contributed by atoms with Crippen molar-refractivity contribution in [2.75, 3.05) is 26.2 Å². The second-order valence-electron chi connectivity index (χ2n) is 23.5. The van der Waals surface area contributed by atoms with E-state index in [2.05, 4.69) is 51.1 Å². The average molecular weight is 1280 g/mol. The molecule has 0 aromatic carbocycles. The van der Waals surface area contributed by atoms with Gasteiger partial charge in [0.25, 0.3) is 0 Å². The number of rotatable bonds is 21. The van der Waals surface area contributed by atoms with Gasteiger partial charge in [0.05, 0.1) is 44.3 Å². The lowest BCUT2D eigenvalue weighted by atomic mass is 9.96. The predicted octanol–water partition coefficient (Wildman–Crippen LogP) is -3.80. The molecular formula is C57H89N13O20. The number of carboxylic acids is 4. The quantitative estimate of drug-likeness (QED) is 0.0387. The fraction of sp³-hybridized carbons (Fsp3) is 0.684. The van der Waals surface area contributed by atoms with E-state index in [1.54, 1.807) is 26.0 Å². The number of fused-ring (bicyclic) bond motifs is 2. The fourth-order valence-electron chi connectivity index (χ4n) is 10.2. The van der Waals surface area contributed by atoms with Gasteiger partial charge in [0.2, 0.25) is 70.9 Å². The van der Waals surface area contributed by atoms with Gasteiger partial charge in [0, 0.05) is 25.6 Å². The maximum atomic E-state index is 15.2. The normalized spacial score (nSPS) is 25.5. The van der Waals surface area contributed by atoms with Crippen LogP contribution < -0.4 is 58.9 Å². The molecule has 0 spiro atoms. The van der Waals surface area contributed by atoms with Gasteiger partial charge in [-0.05, 0) is 77.6 Å². The smallest absolute Gasteiger partial charge is 0.308 e. The molecule has 3 heterocycles. The first-order valence-corrected chi connectivity index (χ1v) is 30.1. The van der Waals surface area contributed by atoms with Crippen molar-refractivity contribution in [1.82, 2.24) is 63.0 Å². The number of nitrogens with zero attached hydrogens (tertiary/aromatic N) is 2. The van der Waals surface area contributed by atoms with Crippen LogP contribution in [0.25, 0.3) is 0 Å². The molecule has 3 saturated heterocycles. The maximum Gasteiger partial charge on any atom is 0.308 e. The van der Waals surface area contributed by atoms with Crippen LogP contribution in [0.4, 0.5) is 0 Å². The van der Waals surface area contributed by atoms with Gasteiger partial charge in [-0.3, -0.25) is 76.7 Å². The molecule has 0 aromatic heterocycles. The molecule has 0 aromatic rings. The van der Waals surface area contributed by atoms with Crippen LogP contribution >= 0.6 is 0 Å². The molecule has 16 N–H and O–H groups in total. The first-order chi connectivity index (χ1) is 42.2. The number of hydrogen-bond acceptors (Lipinski definition) is 17. The molecule has 3 aliphatic heterocycles. The molecule has 0 bridgehead atoms. The number of carbonyl (C=O) groups excluding carboxylic acids is 12. The lowest BCUT2D eigenvalue weighted by Gasteiger charge is -2.39. The second-order valence-corrected chi connectivity index (χ2v) is 23.5. The summed E-state index contributed by atoms with van der Waals surface area (Å²) in [6.45, 7) is 8.60. The molecule has 3 aliphatic rings. The number of amides is 12. The summed E-state index contributed by atoms with van der Waals surface area (Å²) >= 11 is 0. The molecule has 3 fully saturated rings. The predicted molar refractivity (Wildman–Crippen MR) is 315 cm³/mol. The van der Waals surface area contributed by atoms with Crippen LogP contribution in [0.3, 0.4) is 0 Å². The van der Waals surface area contributed by atoms with Gasteiger partial charge in [-0.25, -0.2) is 0 Å². The Balaban J connectivity index is 2.18. The Morgan fingerprint density at radius 1 is 0.589 bits per heavy atom. The van der Waals surface area contributed by atoms with Crippen LogP contribution in [0.1, 0.15) is 138 Å². The number of carbonyl (C=O) groups is 16. The lowest BCUT2D eigenvalue weighted by molar-refractivity contribution is -0.150. The Kier molecular flexibility index (Phi) is 30.7. The van der Waals surface area contributed by atoms with Crippen molar-refractivity contribution < 1.29 is 97.1 Å². The van der Waals surface area contributed by atoms with E-state index in [4.69, 9.17) is 5.73 Å². The summed E-state index contributed by atoms with van der Waals surface area (Å²) in [5.41, 5.74) is 6.11. The Morgan fingerprint density at radius 2 is 1.12 bits per heavy atom. The highest BCUT2D eigenvalue weighted by atomic mass is 16.4. The molecule has 12 unspecified atom stereocenters. The summed E-state index contributed by atoms with van der Waals surface area (Å²) in [6.07, 6.45) is 4.82. The van der Waals surface area contributed by atoms with Gasteiger partial charge in [-0.2, -0.15) is 0 Å². The minimum Gasteiger partial charge on any atom is -0.481 e. The summed E-state index contributed by atoms with van der Waals surface area (Å²) in [5, 5.41) is 62.2. The summed E-state index contributed by atoms with van der Waals surface area (Å²) in [5.74, 6) is -21.9. The number of piperidine rings is 1. The lowest BCUT2D eigenvalue weighted by Crippen LogP contribution is -2.66. The summed E-state index contributed by atoms with van der Waals surface area (Å²) < 4.78 is 0. The van der Waals surface area contributed by atoms with Crippen LogP contribution in [-0.2, 0) is 76.7 Å². The van der Waals surface area contributed by atoms with Crippen molar-refractivity contribution in [3.05, 3.63) is 12.2 Å². The van der Waals surface area contributed by atoms with Gasteiger partial charge in [0.15, 0.2) is 0 Å². The summed E-state index contributed by atoms with van der Waals surface area (Å²) in [7, 11) is 0. The number of hydrogen-bond donors (Lipinski definition) is 15. The van der Waals surface area contributed by atoms with Crippen molar-refractivity contribution in [2.24, 2.45) is 23.5 Å². The van der Waals surface area contributed by atoms with Crippen LogP contribution in [0.2, 0.25) is 0 Å². The number of carboxylic acid groups (broad SMARTS) is 4. The molecule has 90 heavy (non-hydrogen) atoms. The van der Waals surface area contributed by atoms with Crippen LogP contribution in [0, 0.1) is 17.8 Å². The molecular weight excluding hydrogens is 1190 g/mol. The third kappa shape index (κ3) is 24.3. The van der Waals surface area contributed by atoms with Crippen LogP contribution in [0.5, 0.6) is 0 Å². The van der Waals surface area contributed by atoms with E-state index < -0.39 is 205 Å². The maximum absolute atomic E-state index is 15.2. The van der Waals surface area contributed by atoms with E-state index in [1.165, 1.54) is 13.8 Å². The van der Waals surface area contributed by atoms with Crippen molar-refractivity contribution in [3.8, 4) is 0 Å². The molecule has 0 radical (unpaired) electrons. The third-order valence-electron chi connectivity index (χ3n) is 15.2. The summed E-state index contributed by atoms with van der Waals surface area (Å²) in [6, 6.07) is -18.5. The third-order valence-corrected chi connectivity index (χ3v) is 15.2. The molecule has 3 rings (SSSR count). The van der Waals surface area contributed by atoms with E-state index in [9.17, 15) is 92.3 Å². The largest absolute Gasteiger partial charge is 0.481 e. The number of aliphatic carboxylic acids is 4. The van der Waals surface area contributed by atoms with Crippen molar-refractivity contribution in [3.63, 3.8) is 0 Å². The Labute approximate surface area is 520 Å². The monoisotopic (exact) mass is 1280 g/mol. The van der Waals surface area contributed by atoms with Crippen molar-refractivity contribution in [2.45, 2.75) is 205 Å². The van der Waals surface area contributed by atoms with E-state index in [1.807, 2.05) is 16.0 Å². The summed E-state index contributed by atoms with van der Waals surface area (Å²) in [4.78, 5) is 218. The van der Waals surface area contributed by atoms with Crippen LogP contribution in [-0.4, -0.2) is 218 Å². The number of unbranched alkanes of at least 4 members (excludes halogenated alkanes) is 3. The van der Waals surface area contributed by atoms with E-state index in [0.29, 0.717) is 12.3 Å². The van der Waals surface area contributed by atoms with Gasteiger partial charge < -0.3 is 89.1 Å². The van der Waals surface area contributed by atoms with E-state index in [-0.39, 0.29) is 51.6 Å². The molecule has 0 aliphatic carbocycles. The highest BCUT2D eigenvalue weighted by molar-refractivity contribution is 6.01. The van der Waals surface area contributed by atoms with Crippen molar-refractivity contribution in [1.29, 1.82) is 0 Å².